The minimum atomic E-state index is -3.92. The molecule has 0 saturated heterocycles. The lowest BCUT2D eigenvalue weighted by molar-refractivity contribution is -0.384. The van der Waals surface area contributed by atoms with Crippen molar-refractivity contribution >= 4 is 38.9 Å². The lowest BCUT2D eigenvalue weighted by atomic mass is 10.1. The number of rotatable bonds is 9. The molecular formula is C20H24N4O6S. The molecule has 0 aliphatic heterocycles. The van der Waals surface area contributed by atoms with E-state index in [0.717, 1.165) is 23.0 Å². The van der Waals surface area contributed by atoms with E-state index in [1.165, 1.54) is 24.3 Å². The molecule has 0 heterocycles. The van der Waals surface area contributed by atoms with Crippen LogP contribution in [0.3, 0.4) is 0 Å². The van der Waals surface area contributed by atoms with Crippen molar-refractivity contribution in [1.82, 2.24) is 5.32 Å². The first-order chi connectivity index (χ1) is 14.5. The molecule has 0 fully saturated rings. The standard InChI is InChI=1S/C20H24N4O6S/c1-4-14(2)21-20(26)17-10-5-6-11-18(17)22-19(25)13-23(31(3,29)30)15-8-7-9-16(12-15)24(27)28/h5-12,14H,4,13H2,1-3H3,(H,21,26)(H,22,25)/t14-/m0/s1. The lowest BCUT2D eigenvalue weighted by Crippen LogP contribution is -2.38. The summed E-state index contributed by atoms with van der Waals surface area (Å²) in [6.45, 7) is 3.15. The highest BCUT2D eigenvalue weighted by Gasteiger charge is 2.23. The van der Waals surface area contributed by atoms with Gasteiger partial charge < -0.3 is 10.6 Å². The van der Waals surface area contributed by atoms with Crippen molar-refractivity contribution in [2.75, 3.05) is 22.4 Å². The van der Waals surface area contributed by atoms with Gasteiger partial charge in [-0.3, -0.25) is 24.0 Å². The van der Waals surface area contributed by atoms with Gasteiger partial charge >= 0.3 is 0 Å². The van der Waals surface area contributed by atoms with Gasteiger partial charge in [-0.15, -0.1) is 0 Å². The summed E-state index contributed by atoms with van der Waals surface area (Å²) in [7, 11) is -3.92. The highest BCUT2D eigenvalue weighted by atomic mass is 32.2. The molecule has 0 unspecified atom stereocenters. The third-order valence-electron chi connectivity index (χ3n) is 4.45. The number of para-hydroxylation sites is 1. The van der Waals surface area contributed by atoms with Crippen LogP contribution in [-0.4, -0.2) is 44.0 Å². The molecule has 2 N–H and O–H groups in total. The molecular weight excluding hydrogens is 424 g/mol. The van der Waals surface area contributed by atoms with Crippen LogP contribution in [0.25, 0.3) is 0 Å². The summed E-state index contributed by atoms with van der Waals surface area (Å²) in [6.07, 6.45) is 1.62. The van der Waals surface area contributed by atoms with Gasteiger partial charge in [0.05, 0.1) is 28.1 Å². The van der Waals surface area contributed by atoms with Crippen molar-refractivity contribution in [3.63, 3.8) is 0 Å². The Morgan fingerprint density at radius 3 is 2.45 bits per heavy atom. The third kappa shape index (κ3) is 6.51. The highest BCUT2D eigenvalue weighted by Crippen LogP contribution is 2.23. The van der Waals surface area contributed by atoms with Gasteiger partial charge in [-0.1, -0.05) is 25.1 Å². The molecule has 2 amide bonds. The van der Waals surface area contributed by atoms with Crippen LogP contribution in [0.4, 0.5) is 17.1 Å². The van der Waals surface area contributed by atoms with Gasteiger partial charge in [0.15, 0.2) is 0 Å². The van der Waals surface area contributed by atoms with Crippen LogP contribution in [0.5, 0.6) is 0 Å². The average molecular weight is 449 g/mol. The fraction of sp³-hybridized carbons (Fsp3) is 0.300. The molecule has 0 spiro atoms. The number of nitrogens with zero attached hydrogens (tertiary/aromatic N) is 2. The fourth-order valence-electron chi connectivity index (χ4n) is 2.68. The zero-order chi connectivity index (χ0) is 23.2. The van der Waals surface area contributed by atoms with E-state index in [9.17, 15) is 28.1 Å². The number of carbonyl (C=O) groups excluding carboxylic acids is 2. The van der Waals surface area contributed by atoms with Crippen molar-refractivity contribution < 1.29 is 22.9 Å². The van der Waals surface area contributed by atoms with Gasteiger partial charge in [0.2, 0.25) is 15.9 Å². The SMILES string of the molecule is CC[C@H](C)NC(=O)c1ccccc1NC(=O)CN(c1cccc([N+](=O)[O-])c1)S(C)(=O)=O. The van der Waals surface area contributed by atoms with Crippen LogP contribution in [0.15, 0.2) is 48.5 Å². The van der Waals surface area contributed by atoms with Crippen molar-refractivity contribution in [3.05, 3.63) is 64.2 Å². The average Bonchev–Trinajstić information content (AvgIpc) is 2.71. The predicted octanol–water partition coefficient (Wildman–Crippen LogP) is 2.53. The lowest BCUT2D eigenvalue weighted by Gasteiger charge is -2.22. The molecule has 166 valence electrons. The van der Waals surface area contributed by atoms with Crippen molar-refractivity contribution in [2.45, 2.75) is 26.3 Å². The predicted molar refractivity (Wildman–Crippen MR) is 118 cm³/mol. The summed E-state index contributed by atoms with van der Waals surface area (Å²) in [5.41, 5.74) is 0.131. The van der Waals surface area contributed by atoms with E-state index in [1.807, 2.05) is 13.8 Å². The summed E-state index contributed by atoms with van der Waals surface area (Å²) >= 11 is 0. The molecule has 2 aromatic rings. The molecule has 0 bridgehead atoms. The Hall–Kier alpha value is -3.47. The summed E-state index contributed by atoms with van der Waals surface area (Å²) in [5, 5.41) is 16.4. The Kier molecular flexibility index (Phi) is 7.70. The van der Waals surface area contributed by atoms with Crippen LogP contribution in [0.2, 0.25) is 0 Å². The molecule has 0 radical (unpaired) electrons. The van der Waals surface area contributed by atoms with Crippen molar-refractivity contribution in [2.24, 2.45) is 0 Å². The second-order valence-corrected chi connectivity index (χ2v) is 8.83. The topological polar surface area (TPSA) is 139 Å². The number of hydrogen-bond acceptors (Lipinski definition) is 6. The van der Waals surface area contributed by atoms with E-state index in [4.69, 9.17) is 0 Å². The first kappa shape index (κ1) is 23.8. The van der Waals surface area contributed by atoms with E-state index in [0.29, 0.717) is 0 Å². The normalized spacial score (nSPS) is 12.0. The monoisotopic (exact) mass is 448 g/mol. The minimum absolute atomic E-state index is 0.0188. The quantitative estimate of drug-likeness (QED) is 0.446. The minimum Gasteiger partial charge on any atom is -0.350 e. The number of benzene rings is 2. The summed E-state index contributed by atoms with van der Waals surface area (Å²) in [6, 6.07) is 11.3. The van der Waals surface area contributed by atoms with Gasteiger partial charge in [0, 0.05) is 18.2 Å². The Bertz CT molecular complexity index is 1090. The molecule has 11 heteroatoms. The Labute approximate surface area is 180 Å². The molecule has 31 heavy (non-hydrogen) atoms. The molecule has 2 rings (SSSR count). The molecule has 2 aromatic carbocycles. The third-order valence-corrected chi connectivity index (χ3v) is 5.59. The van der Waals surface area contributed by atoms with Crippen LogP contribution in [0.1, 0.15) is 30.6 Å². The van der Waals surface area contributed by atoms with Gasteiger partial charge in [0.1, 0.15) is 6.54 Å². The number of nitro benzene ring substituents is 1. The largest absolute Gasteiger partial charge is 0.350 e. The summed E-state index contributed by atoms with van der Waals surface area (Å²) in [5.74, 6) is -1.08. The van der Waals surface area contributed by atoms with Crippen molar-refractivity contribution in [3.8, 4) is 0 Å². The number of nitro groups is 1. The van der Waals surface area contributed by atoms with E-state index < -0.39 is 27.4 Å². The maximum Gasteiger partial charge on any atom is 0.271 e. The molecule has 0 aromatic heterocycles. The van der Waals surface area contributed by atoms with Crippen LogP contribution < -0.4 is 14.9 Å². The summed E-state index contributed by atoms with van der Waals surface area (Å²) in [4.78, 5) is 35.5. The Balaban J connectivity index is 2.26. The number of non-ortho nitro benzene ring substituents is 1. The van der Waals surface area contributed by atoms with Gasteiger partial charge in [-0.2, -0.15) is 0 Å². The second-order valence-electron chi connectivity index (χ2n) is 6.92. The second kappa shape index (κ2) is 10.0. The smallest absolute Gasteiger partial charge is 0.271 e. The van der Waals surface area contributed by atoms with Crippen molar-refractivity contribution in [1.29, 1.82) is 0 Å². The van der Waals surface area contributed by atoms with Gasteiger partial charge in [-0.25, -0.2) is 8.42 Å². The zero-order valence-electron chi connectivity index (χ0n) is 17.4. The van der Waals surface area contributed by atoms with Crippen LogP contribution in [-0.2, 0) is 14.8 Å². The van der Waals surface area contributed by atoms with Gasteiger partial charge in [0.25, 0.3) is 11.6 Å². The van der Waals surface area contributed by atoms with Crippen LogP contribution in [0, 0.1) is 10.1 Å². The van der Waals surface area contributed by atoms with E-state index in [2.05, 4.69) is 10.6 Å². The number of hydrogen-bond donors (Lipinski definition) is 2. The number of carbonyl (C=O) groups is 2. The zero-order valence-corrected chi connectivity index (χ0v) is 18.2. The Morgan fingerprint density at radius 1 is 1.16 bits per heavy atom. The van der Waals surface area contributed by atoms with E-state index in [1.54, 1.807) is 18.2 Å². The molecule has 0 saturated carbocycles. The van der Waals surface area contributed by atoms with E-state index in [-0.39, 0.29) is 34.6 Å². The Morgan fingerprint density at radius 2 is 1.84 bits per heavy atom. The first-order valence-electron chi connectivity index (χ1n) is 9.44. The van der Waals surface area contributed by atoms with Gasteiger partial charge in [-0.05, 0) is 31.5 Å². The van der Waals surface area contributed by atoms with Crippen LogP contribution >= 0.6 is 0 Å². The number of nitrogens with one attached hydrogen (secondary N) is 2. The molecule has 1 atom stereocenters. The number of anilines is 2. The molecule has 10 nitrogen and oxygen atoms in total. The molecule has 0 aliphatic rings. The first-order valence-corrected chi connectivity index (χ1v) is 11.3. The number of amides is 2. The number of sulfonamides is 1. The maximum absolute atomic E-state index is 12.6. The fourth-order valence-corrected chi connectivity index (χ4v) is 3.52. The summed E-state index contributed by atoms with van der Waals surface area (Å²) < 4.78 is 25.2. The molecule has 0 aliphatic carbocycles. The highest BCUT2D eigenvalue weighted by molar-refractivity contribution is 7.92. The van der Waals surface area contributed by atoms with E-state index >= 15 is 0 Å². The maximum atomic E-state index is 12.6.